The number of benzene rings is 2. The average Bonchev–Trinajstić information content (AvgIpc) is 2.41. The number of halogens is 2. The Bertz CT molecular complexity index is 617. The van der Waals surface area contributed by atoms with E-state index in [0.717, 1.165) is 5.56 Å². The summed E-state index contributed by atoms with van der Waals surface area (Å²) in [5.74, 6) is -0.298. The highest BCUT2D eigenvalue weighted by molar-refractivity contribution is 6.31. The quantitative estimate of drug-likeness (QED) is 0.828. The molecule has 112 valence electrons. The minimum atomic E-state index is -1.02. The summed E-state index contributed by atoms with van der Waals surface area (Å²) < 4.78 is 14.2. The summed E-state index contributed by atoms with van der Waals surface area (Å²) in [6.45, 7) is 1.89. The second-order valence-electron chi connectivity index (χ2n) is 5.58. The van der Waals surface area contributed by atoms with Crippen LogP contribution in [0.4, 0.5) is 4.39 Å². The molecule has 2 aromatic rings. The van der Waals surface area contributed by atoms with Crippen molar-refractivity contribution in [3.8, 4) is 0 Å². The normalized spacial score (nSPS) is 15.5. The van der Waals surface area contributed by atoms with Gasteiger partial charge in [0.2, 0.25) is 0 Å². The van der Waals surface area contributed by atoms with Gasteiger partial charge >= 0.3 is 0 Å². The van der Waals surface area contributed by atoms with Crippen LogP contribution < -0.4 is 5.73 Å². The van der Waals surface area contributed by atoms with Crippen molar-refractivity contribution in [3.05, 3.63) is 70.5 Å². The number of rotatable bonds is 5. The summed E-state index contributed by atoms with van der Waals surface area (Å²) in [5.41, 5.74) is 6.37. The Balaban J connectivity index is 2.43. The van der Waals surface area contributed by atoms with E-state index in [9.17, 15) is 9.50 Å². The van der Waals surface area contributed by atoms with E-state index >= 15 is 0 Å². The molecule has 0 aliphatic heterocycles. The van der Waals surface area contributed by atoms with Crippen LogP contribution in [0.5, 0.6) is 0 Å². The van der Waals surface area contributed by atoms with Crippen LogP contribution in [0.3, 0.4) is 0 Å². The Morgan fingerprint density at radius 3 is 2.43 bits per heavy atom. The summed E-state index contributed by atoms with van der Waals surface area (Å²) in [7, 11) is 0. The van der Waals surface area contributed by atoms with E-state index in [0.29, 0.717) is 17.0 Å². The second-order valence-corrected chi connectivity index (χ2v) is 5.99. The van der Waals surface area contributed by atoms with E-state index in [1.165, 1.54) is 6.07 Å². The Morgan fingerprint density at radius 2 is 1.81 bits per heavy atom. The van der Waals surface area contributed by atoms with Crippen molar-refractivity contribution in [3.63, 3.8) is 0 Å². The standard InChI is InChI=1S/C17H19ClFNO/c1-17(11-16(20)21,13-7-3-5-9-15(13)19)10-12-6-2-4-8-14(12)18/h2-9,16,21H,10-11,20H2,1H3/t16-,17?/m1/s1. The van der Waals surface area contributed by atoms with Gasteiger partial charge in [-0.05, 0) is 36.1 Å². The van der Waals surface area contributed by atoms with E-state index in [-0.39, 0.29) is 12.2 Å². The third kappa shape index (κ3) is 3.82. The van der Waals surface area contributed by atoms with Crippen LogP contribution in [0.25, 0.3) is 0 Å². The van der Waals surface area contributed by atoms with Crippen molar-refractivity contribution in [2.75, 3.05) is 0 Å². The molecule has 0 fully saturated rings. The molecule has 0 aromatic heterocycles. The molecule has 0 saturated heterocycles. The molecule has 1 unspecified atom stereocenters. The third-order valence-electron chi connectivity index (χ3n) is 3.72. The lowest BCUT2D eigenvalue weighted by molar-refractivity contribution is 0.139. The Hall–Kier alpha value is -1.42. The molecule has 0 heterocycles. The van der Waals surface area contributed by atoms with Gasteiger partial charge in [0.1, 0.15) is 12.0 Å². The van der Waals surface area contributed by atoms with Crippen molar-refractivity contribution >= 4 is 11.6 Å². The van der Waals surface area contributed by atoms with Crippen molar-refractivity contribution < 1.29 is 9.50 Å². The molecule has 2 rings (SSSR count). The lowest BCUT2D eigenvalue weighted by Gasteiger charge is -2.32. The number of hydrogen-bond acceptors (Lipinski definition) is 2. The molecule has 0 bridgehead atoms. The molecular formula is C17H19ClFNO. The largest absolute Gasteiger partial charge is 0.379 e. The lowest BCUT2D eigenvalue weighted by Crippen LogP contribution is -2.35. The summed E-state index contributed by atoms with van der Waals surface area (Å²) in [5, 5.41) is 10.2. The van der Waals surface area contributed by atoms with Gasteiger partial charge in [-0.3, -0.25) is 0 Å². The topological polar surface area (TPSA) is 46.2 Å². The zero-order valence-corrected chi connectivity index (χ0v) is 12.6. The highest BCUT2D eigenvalue weighted by atomic mass is 35.5. The predicted molar refractivity (Wildman–Crippen MR) is 83.7 cm³/mol. The van der Waals surface area contributed by atoms with E-state index in [1.54, 1.807) is 24.3 Å². The summed E-state index contributed by atoms with van der Waals surface area (Å²) in [6, 6.07) is 14.0. The highest BCUT2D eigenvalue weighted by Gasteiger charge is 2.32. The predicted octanol–water partition coefficient (Wildman–Crippen LogP) is 3.65. The summed E-state index contributed by atoms with van der Waals surface area (Å²) >= 11 is 6.21. The van der Waals surface area contributed by atoms with Crippen molar-refractivity contribution in [1.29, 1.82) is 0 Å². The molecule has 2 atom stereocenters. The molecule has 0 aliphatic rings. The fourth-order valence-corrected chi connectivity index (χ4v) is 2.95. The molecule has 2 aromatic carbocycles. The van der Waals surface area contributed by atoms with Gasteiger partial charge in [0.25, 0.3) is 0 Å². The van der Waals surface area contributed by atoms with E-state index in [2.05, 4.69) is 0 Å². The highest BCUT2D eigenvalue weighted by Crippen LogP contribution is 2.35. The van der Waals surface area contributed by atoms with Crippen LogP contribution in [-0.4, -0.2) is 11.3 Å². The minimum absolute atomic E-state index is 0.249. The Kier molecular flexibility index (Phi) is 4.99. The molecule has 21 heavy (non-hydrogen) atoms. The van der Waals surface area contributed by atoms with Crippen LogP contribution in [0, 0.1) is 5.82 Å². The molecular weight excluding hydrogens is 289 g/mol. The maximum absolute atomic E-state index is 14.2. The van der Waals surface area contributed by atoms with Gasteiger partial charge < -0.3 is 10.8 Å². The number of hydrogen-bond donors (Lipinski definition) is 2. The average molecular weight is 308 g/mol. The smallest absolute Gasteiger partial charge is 0.126 e. The Morgan fingerprint density at radius 1 is 1.19 bits per heavy atom. The monoisotopic (exact) mass is 307 g/mol. The first-order valence-corrected chi connectivity index (χ1v) is 7.22. The molecule has 0 saturated carbocycles. The maximum Gasteiger partial charge on any atom is 0.126 e. The molecule has 3 N–H and O–H groups in total. The number of aliphatic hydroxyl groups is 1. The fourth-order valence-electron chi connectivity index (χ4n) is 2.75. The molecule has 0 amide bonds. The van der Waals surface area contributed by atoms with Crippen molar-refractivity contribution in [2.45, 2.75) is 31.4 Å². The zero-order chi connectivity index (χ0) is 15.5. The molecule has 4 heteroatoms. The van der Waals surface area contributed by atoms with Crippen molar-refractivity contribution in [1.82, 2.24) is 0 Å². The molecule has 0 spiro atoms. The molecule has 2 nitrogen and oxygen atoms in total. The first-order valence-electron chi connectivity index (χ1n) is 6.84. The van der Waals surface area contributed by atoms with Gasteiger partial charge in [-0.15, -0.1) is 0 Å². The van der Waals surface area contributed by atoms with E-state index < -0.39 is 11.6 Å². The summed E-state index contributed by atoms with van der Waals surface area (Å²) in [4.78, 5) is 0. The third-order valence-corrected chi connectivity index (χ3v) is 4.09. The van der Waals surface area contributed by atoms with Gasteiger partial charge in [-0.2, -0.15) is 0 Å². The van der Waals surface area contributed by atoms with Crippen LogP contribution in [0.2, 0.25) is 5.02 Å². The maximum atomic E-state index is 14.2. The lowest BCUT2D eigenvalue weighted by atomic mass is 9.74. The number of nitrogens with two attached hydrogens (primary N) is 1. The van der Waals surface area contributed by atoms with E-state index in [1.807, 2.05) is 25.1 Å². The first-order chi connectivity index (χ1) is 9.92. The van der Waals surface area contributed by atoms with E-state index in [4.69, 9.17) is 17.3 Å². The van der Waals surface area contributed by atoms with Crippen LogP contribution >= 0.6 is 11.6 Å². The van der Waals surface area contributed by atoms with Gasteiger partial charge in [-0.25, -0.2) is 4.39 Å². The van der Waals surface area contributed by atoms with Gasteiger partial charge in [0, 0.05) is 10.4 Å². The van der Waals surface area contributed by atoms with Crippen LogP contribution in [-0.2, 0) is 11.8 Å². The van der Waals surface area contributed by atoms with Gasteiger partial charge in [-0.1, -0.05) is 54.9 Å². The Labute approximate surface area is 129 Å². The van der Waals surface area contributed by atoms with Crippen molar-refractivity contribution in [2.24, 2.45) is 5.73 Å². The summed E-state index contributed by atoms with van der Waals surface area (Å²) in [6.07, 6.45) is -0.266. The SMILES string of the molecule is CC(Cc1ccccc1Cl)(C[C@H](N)O)c1ccccc1F. The van der Waals surface area contributed by atoms with Gasteiger partial charge in [0.05, 0.1) is 0 Å². The first kappa shape index (κ1) is 16.0. The molecule has 0 aliphatic carbocycles. The second kappa shape index (κ2) is 6.56. The fraction of sp³-hybridized carbons (Fsp3) is 0.294. The minimum Gasteiger partial charge on any atom is -0.379 e. The van der Waals surface area contributed by atoms with Crippen LogP contribution in [0.1, 0.15) is 24.5 Å². The molecule has 0 radical (unpaired) electrons. The number of aliphatic hydroxyl groups excluding tert-OH is 1. The van der Waals surface area contributed by atoms with Gasteiger partial charge in [0.15, 0.2) is 0 Å². The zero-order valence-electron chi connectivity index (χ0n) is 11.9. The van der Waals surface area contributed by atoms with Crippen LogP contribution in [0.15, 0.2) is 48.5 Å².